The number of phenols is 1. The number of carboxylic acids is 1. The molecule has 0 fully saturated rings. The van der Waals surface area contributed by atoms with E-state index in [1.807, 2.05) is 0 Å². The largest absolute Gasteiger partial charge is 0.503 e. The zero-order valence-corrected chi connectivity index (χ0v) is 8.21. The van der Waals surface area contributed by atoms with Gasteiger partial charge in [0.2, 0.25) is 0 Å². The van der Waals surface area contributed by atoms with Gasteiger partial charge in [0.25, 0.3) is 0 Å². The lowest BCUT2D eigenvalue weighted by Crippen LogP contribution is -2.00. The van der Waals surface area contributed by atoms with Crippen molar-refractivity contribution in [3.63, 3.8) is 0 Å². The molecule has 0 radical (unpaired) electrons. The highest BCUT2D eigenvalue weighted by atomic mass is 35.5. The Morgan fingerprint density at radius 2 is 2.21 bits per heavy atom. The number of aromatic hydroxyl groups is 1. The summed E-state index contributed by atoms with van der Waals surface area (Å²) in [6.45, 7) is 0. The van der Waals surface area contributed by atoms with Crippen molar-refractivity contribution in [3.8, 4) is 11.5 Å². The fourth-order valence-corrected chi connectivity index (χ4v) is 1.29. The van der Waals surface area contributed by atoms with Crippen molar-refractivity contribution in [2.45, 2.75) is 6.42 Å². The lowest BCUT2D eigenvalue weighted by Gasteiger charge is -2.06. The topological polar surface area (TPSA) is 66.8 Å². The number of benzene rings is 1. The van der Waals surface area contributed by atoms with Crippen LogP contribution in [0.5, 0.6) is 11.5 Å². The number of ether oxygens (including phenoxy) is 1. The number of aliphatic carboxylic acids is 1. The van der Waals surface area contributed by atoms with Crippen LogP contribution in [0.3, 0.4) is 0 Å². The van der Waals surface area contributed by atoms with Crippen LogP contribution in [0.2, 0.25) is 5.02 Å². The first-order valence-electron chi connectivity index (χ1n) is 3.81. The summed E-state index contributed by atoms with van der Waals surface area (Å²) in [4.78, 5) is 10.4. The van der Waals surface area contributed by atoms with Crippen molar-refractivity contribution in [3.05, 3.63) is 22.7 Å². The number of phenolic OH excluding ortho intramolecular Hbond substituents is 1. The van der Waals surface area contributed by atoms with E-state index >= 15 is 0 Å². The number of carboxylic acid groups (broad SMARTS) is 1. The van der Waals surface area contributed by atoms with Gasteiger partial charge in [-0.2, -0.15) is 0 Å². The van der Waals surface area contributed by atoms with E-state index < -0.39 is 5.97 Å². The van der Waals surface area contributed by atoms with Crippen LogP contribution in [0.1, 0.15) is 5.56 Å². The van der Waals surface area contributed by atoms with E-state index in [1.165, 1.54) is 19.2 Å². The molecule has 0 aliphatic rings. The smallest absolute Gasteiger partial charge is 0.307 e. The molecule has 2 N–H and O–H groups in total. The molecule has 0 saturated heterocycles. The summed E-state index contributed by atoms with van der Waals surface area (Å²) in [6, 6.07) is 2.84. The van der Waals surface area contributed by atoms with Crippen molar-refractivity contribution >= 4 is 17.6 Å². The van der Waals surface area contributed by atoms with Crippen LogP contribution in [0.15, 0.2) is 12.1 Å². The normalized spacial score (nSPS) is 9.86. The summed E-state index contributed by atoms with van der Waals surface area (Å²) in [5, 5.41) is 18.0. The van der Waals surface area contributed by atoms with E-state index in [2.05, 4.69) is 0 Å². The lowest BCUT2D eigenvalue weighted by atomic mass is 10.1. The molecule has 0 spiro atoms. The molecule has 5 heteroatoms. The van der Waals surface area contributed by atoms with E-state index in [4.69, 9.17) is 21.4 Å². The van der Waals surface area contributed by atoms with Crippen LogP contribution >= 0.6 is 11.6 Å². The second kappa shape index (κ2) is 4.19. The van der Waals surface area contributed by atoms with Gasteiger partial charge in [-0.15, -0.1) is 0 Å². The Morgan fingerprint density at radius 1 is 1.57 bits per heavy atom. The SMILES string of the molecule is COc1cc(CC(=O)O)cc(Cl)c1O. The quantitative estimate of drug-likeness (QED) is 0.807. The summed E-state index contributed by atoms with van der Waals surface area (Å²) in [7, 11) is 1.37. The van der Waals surface area contributed by atoms with Crippen molar-refractivity contribution in [2.75, 3.05) is 7.11 Å². The number of rotatable bonds is 3. The second-order valence-corrected chi connectivity index (χ2v) is 3.11. The van der Waals surface area contributed by atoms with Crippen LogP contribution in [-0.4, -0.2) is 23.3 Å². The van der Waals surface area contributed by atoms with Crippen molar-refractivity contribution < 1.29 is 19.7 Å². The van der Waals surface area contributed by atoms with E-state index in [1.54, 1.807) is 0 Å². The van der Waals surface area contributed by atoms with Gasteiger partial charge in [-0.3, -0.25) is 4.79 Å². The fraction of sp³-hybridized carbons (Fsp3) is 0.222. The van der Waals surface area contributed by atoms with Gasteiger partial charge >= 0.3 is 5.97 Å². The Labute approximate surface area is 85.7 Å². The first-order valence-corrected chi connectivity index (χ1v) is 4.19. The molecule has 1 rings (SSSR count). The van der Waals surface area contributed by atoms with Crippen LogP contribution in [0, 0.1) is 0 Å². The number of halogens is 1. The van der Waals surface area contributed by atoms with E-state index in [0.29, 0.717) is 5.56 Å². The minimum atomic E-state index is -0.964. The molecule has 0 amide bonds. The molecule has 0 aromatic heterocycles. The van der Waals surface area contributed by atoms with Gasteiger partial charge in [-0.1, -0.05) is 11.6 Å². The molecule has 1 aromatic carbocycles. The minimum Gasteiger partial charge on any atom is -0.503 e. The Morgan fingerprint density at radius 3 is 2.71 bits per heavy atom. The maximum Gasteiger partial charge on any atom is 0.307 e. The van der Waals surface area contributed by atoms with Crippen LogP contribution in [0.25, 0.3) is 0 Å². The monoisotopic (exact) mass is 216 g/mol. The average Bonchev–Trinajstić information content (AvgIpc) is 2.10. The molecular weight excluding hydrogens is 208 g/mol. The third-order valence-corrected chi connectivity index (χ3v) is 1.95. The maximum absolute atomic E-state index is 10.4. The summed E-state index contributed by atoms with van der Waals surface area (Å²) < 4.78 is 4.82. The molecule has 0 saturated carbocycles. The highest BCUT2D eigenvalue weighted by Crippen LogP contribution is 2.34. The Hall–Kier alpha value is -1.42. The van der Waals surface area contributed by atoms with Gasteiger partial charge < -0.3 is 14.9 Å². The Bertz CT molecular complexity index is 362. The Balaban J connectivity index is 3.09. The average molecular weight is 217 g/mol. The van der Waals surface area contributed by atoms with Crippen molar-refractivity contribution in [1.82, 2.24) is 0 Å². The molecule has 0 bridgehead atoms. The van der Waals surface area contributed by atoms with Crippen molar-refractivity contribution in [2.24, 2.45) is 0 Å². The van der Waals surface area contributed by atoms with Gasteiger partial charge in [0.15, 0.2) is 11.5 Å². The first-order chi connectivity index (χ1) is 6.54. The molecule has 0 heterocycles. The number of carbonyl (C=O) groups is 1. The van der Waals surface area contributed by atoms with E-state index in [-0.39, 0.29) is 22.9 Å². The van der Waals surface area contributed by atoms with Gasteiger partial charge in [0, 0.05) is 0 Å². The molecule has 0 aliphatic carbocycles. The fourth-order valence-electron chi connectivity index (χ4n) is 1.06. The van der Waals surface area contributed by atoms with E-state index in [9.17, 15) is 9.90 Å². The maximum atomic E-state index is 10.4. The van der Waals surface area contributed by atoms with Gasteiger partial charge in [0.1, 0.15) is 0 Å². The molecule has 76 valence electrons. The van der Waals surface area contributed by atoms with Gasteiger partial charge in [-0.05, 0) is 17.7 Å². The summed E-state index contributed by atoms with van der Waals surface area (Å²) >= 11 is 5.66. The van der Waals surface area contributed by atoms with Gasteiger partial charge in [-0.25, -0.2) is 0 Å². The predicted octanol–water partition coefficient (Wildman–Crippen LogP) is 1.68. The van der Waals surface area contributed by atoms with Gasteiger partial charge in [0.05, 0.1) is 18.6 Å². The zero-order valence-electron chi connectivity index (χ0n) is 7.45. The minimum absolute atomic E-state index is 0.0839. The molecule has 0 atom stereocenters. The zero-order chi connectivity index (χ0) is 10.7. The van der Waals surface area contributed by atoms with E-state index in [0.717, 1.165) is 0 Å². The molecular formula is C9H9ClO4. The van der Waals surface area contributed by atoms with Crippen molar-refractivity contribution in [1.29, 1.82) is 0 Å². The predicted molar refractivity (Wildman–Crippen MR) is 51.0 cm³/mol. The lowest BCUT2D eigenvalue weighted by molar-refractivity contribution is -0.136. The van der Waals surface area contributed by atoms with Crippen LogP contribution in [-0.2, 0) is 11.2 Å². The third-order valence-electron chi connectivity index (χ3n) is 1.66. The third kappa shape index (κ3) is 2.29. The summed E-state index contributed by atoms with van der Waals surface area (Å²) in [5.74, 6) is -0.967. The second-order valence-electron chi connectivity index (χ2n) is 2.70. The molecule has 14 heavy (non-hydrogen) atoms. The highest BCUT2D eigenvalue weighted by Gasteiger charge is 2.10. The number of methoxy groups -OCH3 is 1. The number of hydrogen-bond acceptors (Lipinski definition) is 3. The highest BCUT2D eigenvalue weighted by molar-refractivity contribution is 6.32. The molecule has 0 unspecified atom stereocenters. The molecule has 0 aliphatic heterocycles. The summed E-state index contributed by atoms with van der Waals surface area (Å²) in [6.07, 6.45) is -0.156. The van der Waals surface area contributed by atoms with Crippen LogP contribution in [0.4, 0.5) is 0 Å². The number of hydrogen-bond donors (Lipinski definition) is 2. The Kier molecular flexibility index (Phi) is 3.19. The molecule has 1 aromatic rings. The summed E-state index contributed by atoms with van der Waals surface area (Å²) in [5.41, 5.74) is 0.483. The molecule has 4 nitrogen and oxygen atoms in total. The van der Waals surface area contributed by atoms with Crippen LogP contribution < -0.4 is 4.74 Å². The standard InChI is InChI=1S/C9H9ClO4/c1-14-7-3-5(4-8(11)12)2-6(10)9(7)13/h2-3,13H,4H2,1H3,(H,11,12). The first kappa shape index (κ1) is 10.7.